The fourth-order valence-electron chi connectivity index (χ4n) is 2.45. The van der Waals surface area contributed by atoms with E-state index in [1.807, 2.05) is 0 Å². The van der Waals surface area contributed by atoms with Gasteiger partial charge in [0, 0.05) is 6.04 Å². The highest BCUT2D eigenvalue weighted by molar-refractivity contribution is 5.82. The molecule has 5 heteroatoms. The van der Waals surface area contributed by atoms with E-state index in [4.69, 9.17) is 11.7 Å². The third-order valence-corrected chi connectivity index (χ3v) is 3.51. The van der Waals surface area contributed by atoms with Gasteiger partial charge in [-0.25, -0.2) is 0 Å². The largest absolute Gasteiger partial charge is 0.388 e. The minimum Gasteiger partial charge on any atom is -0.388 e. The zero-order chi connectivity index (χ0) is 12.4. The molecule has 0 bridgehead atoms. The van der Waals surface area contributed by atoms with Crippen LogP contribution in [0.25, 0.3) is 0 Å². The lowest BCUT2D eigenvalue weighted by Gasteiger charge is -2.24. The molecule has 0 aromatic carbocycles. The summed E-state index contributed by atoms with van der Waals surface area (Å²) in [6, 6.07) is 0.154. The monoisotopic (exact) mass is 241 g/mol. The first-order valence-electron chi connectivity index (χ1n) is 6.17. The molecule has 1 aliphatic carbocycles. The van der Waals surface area contributed by atoms with Gasteiger partial charge in [-0.3, -0.25) is 4.79 Å². The van der Waals surface area contributed by atoms with Gasteiger partial charge >= 0.3 is 0 Å². The van der Waals surface area contributed by atoms with Crippen LogP contribution in [0.15, 0.2) is 0 Å². The Labute approximate surface area is 101 Å². The first-order chi connectivity index (χ1) is 8.09. The Kier molecular flexibility index (Phi) is 4.01. The van der Waals surface area contributed by atoms with Gasteiger partial charge in [0.25, 0.3) is 5.91 Å². The average Bonchev–Trinajstić information content (AvgIpc) is 2.58. The Morgan fingerprint density at radius 1 is 1.18 bits per heavy atom. The molecule has 0 aromatic heterocycles. The van der Waals surface area contributed by atoms with Gasteiger partial charge in [-0.1, -0.05) is 19.3 Å². The summed E-state index contributed by atoms with van der Waals surface area (Å²) in [7, 11) is 0. The fraction of sp³-hybridized carbons (Fsp3) is 0.833. The molecule has 1 saturated carbocycles. The molecule has 1 amide bonds. The molecular formula is C12H19NO4. The lowest BCUT2D eigenvalue weighted by atomic mass is 9.95. The first-order valence-corrected chi connectivity index (χ1v) is 6.17. The average molecular weight is 241 g/mol. The number of ether oxygens (including phenoxy) is 1. The molecule has 2 radical (unpaired) electrons. The van der Waals surface area contributed by atoms with Gasteiger partial charge in [0.2, 0.25) is 0 Å². The number of carbonyl (C=O) groups excluding carboxylic acids is 1. The molecule has 2 fully saturated rings. The predicted molar refractivity (Wildman–Crippen MR) is 60.0 cm³/mol. The maximum absolute atomic E-state index is 11.9. The molecular weight excluding hydrogens is 222 g/mol. The summed E-state index contributed by atoms with van der Waals surface area (Å²) < 4.78 is 5.05. The zero-order valence-electron chi connectivity index (χ0n) is 9.71. The summed E-state index contributed by atoms with van der Waals surface area (Å²) in [5.74, 6) is -0.378. The third-order valence-electron chi connectivity index (χ3n) is 3.51. The highest BCUT2D eigenvalue weighted by Crippen LogP contribution is 2.22. The van der Waals surface area contributed by atoms with Gasteiger partial charge in [-0.2, -0.15) is 0 Å². The van der Waals surface area contributed by atoms with E-state index in [2.05, 4.69) is 5.32 Å². The van der Waals surface area contributed by atoms with Crippen LogP contribution in [0.2, 0.25) is 0 Å². The second kappa shape index (κ2) is 5.33. The van der Waals surface area contributed by atoms with Crippen molar-refractivity contribution in [1.29, 1.82) is 0 Å². The van der Waals surface area contributed by atoms with Crippen LogP contribution >= 0.6 is 0 Å². The molecule has 2 rings (SSSR count). The van der Waals surface area contributed by atoms with E-state index in [1.165, 1.54) is 6.42 Å². The number of amides is 1. The van der Waals surface area contributed by atoms with Crippen LogP contribution < -0.4 is 5.32 Å². The van der Waals surface area contributed by atoms with Crippen molar-refractivity contribution in [2.45, 2.75) is 62.6 Å². The van der Waals surface area contributed by atoms with Crippen LogP contribution in [-0.2, 0) is 9.53 Å². The number of carbonyl (C=O) groups is 1. The van der Waals surface area contributed by atoms with Crippen molar-refractivity contribution in [3.05, 3.63) is 6.92 Å². The first kappa shape index (κ1) is 12.8. The number of hydrogen-bond donors (Lipinski definition) is 3. The summed E-state index contributed by atoms with van der Waals surface area (Å²) in [5.41, 5.74) is 0. The van der Waals surface area contributed by atoms with Crippen LogP contribution in [0, 0.1) is 6.92 Å². The maximum atomic E-state index is 11.9. The van der Waals surface area contributed by atoms with Gasteiger partial charge in [0.15, 0.2) is 6.10 Å². The molecule has 4 atom stereocenters. The lowest BCUT2D eigenvalue weighted by Crippen LogP contribution is -2.47. The summed E-state index contributed by atoms with van der Waals surface area (Å²) in [6.45, 7) is 5.42. The van der Waals surface area contributed by atoms with Gasteiger partial charge in [-0.15, -0.1) is 0 Å². The molecule has 17 heavy (non-hydrogen) atoms. The Bertz CT molecular complexity index is 278. The van der Waals surface area contributed by atoms with E-state index in [-0.39, 0.29) is 11.9 Å². The Hall–Kier alpha value is -0.650. The summed E-state index contributed by atoms with van der Waals surface area (Å²) in [5, 5.41) is 21.9. The molecule has 0 aromatic rings. The number of nitrogens with one attached hydrogen (secondary N) is 1. The summed E-state index contributed by atoms with van der Waals surface area (Å²) >= 11 is 0. The SMILES string of the molecule is [CH][C@@H]1O[C@H](C(=O)NC2CCCCC2)[C@H](O)C1O. The number of rotatable bonds is 2. The van der Waals surface area contributed by atoms with E-state index in [0.717, 1.165) is 25.7 Å². The van der Waals surface area contributed by atoms with E-state index in [1.54, 1.807) is 0 Å². The second-order valence-corrected chi connectivity index (χ2v) is 4.85. The molecule has 96 valence electrons. The highest BCUT2D eigenvalue weighted by atomic mass is 16.5. The van der Waals surface area contributed by atoms with E-state index >= 15 is 0 Å². The van der Waals surface area contributed by atoms with Crippen LogP contribution in [-0.4, -0.2) is 46.6 Å². The standard InChI is InChI=1S/C12H19NO4/c1-7-9(14)10(15)11(17-7)12(16)13-8-5-3-2-4-6-8/h1,7-11,14-15H,2-6H2,(H,13,16)/t7-,9?,10+,11-/m0/s1. The molecule has 3 N–H and O–H groups in total. The maximum Gasteiger partial charge on any atom is 0.252 e. The quantitative estimate of drug-likeness (QED) is 0.616. The molecule has 1 unspecified atom stereocenters. The van der Waals surface area contributed by atoms with Crippen molar-refractivity contribution >= 4 is 5.91 Å². The van der Waals surface area contributed by atoms with Crippen molar-refractivity contribution in [2.75, 3.05) is 0 Å². The molecule has 2 aliphatic rings. The molecule has 1 aliphatic heterocycles. The van der Waals surface area contributed by atoms with Crippen molar-refractivity contribution in [1.82, 2.24) is 5.32 Å². The van der Waals surface area contributed by atoms with E-state index in [9.17, 15) is 15.0 Å². The second-order valence-electron chi connectivity index (χ2n) is 4.85. The van der Waals surface area contributed by atoms with Gasteiger partial charge in [-0.05, 0) is 19.8 Å². The van der Waals surface area contributed by atoms with Crippen LogP contribution in [0.3, 0.4) is 0 Å². The lowest BCUT2D eigenvalue weighted by molar-refractivity contribution is -0.136. The van der Waals surface area contributed by atoms with Gasteiger partial charge in [0.05, 0.1) is 6.10 Å². The van der Waals surface area contributed by atoms with Crippen molar-refractivity contribution in [3.8, 4) is 0 Å². The topological polar surface area (TPSA) is 78.8 Å². The zero-order valence-corrected chi connectivity index (χ0v) is 9.71. The fourth-order valence-corrected chi connectivity index (χ4v) is 2.45. The van der Waals surface area contributed by atoms with Crippen molar-refractivity contribution in [3.63, 3.8) is 0 Å². The summed E-state index contributed by atoms with van der Waals surface area (Å²) in [6.07, 6.45) is 0.868. The minimum atomic E-state index is -1.24. The molecule has 1 heterocycles. The third kappa shape index (κ3) is 2.78. The van der Waals surface area contributed by atoms with Crippen molar-refractivity contribution in [2.24, 2.45) is 0 Å². The van der Waals surface area contributed by atoms with Gasteiger partial charge in [0.1, 0.15) is 12.2 Å². The van der Waals surface area contributed by atoms with Crippen LogP contribution in [0.1, 0.15) is 32.1 Å². The Morgan fingerprint density at radius 3 is 2.35 bits per heavy atom. The predicted octanol–water partition coefficient (Wildman–Crippen LogP) is -0.364. The number of aliphatic hydroxyl groups is 2. The Morgan fingerprint density at radius 2 is 1.82 bits per heavy atom. The number of aliphatic hydroxyl groups excluding tert-OH is 2. The summed E-state index contributed by atoms with van der Waals surface area (Å²) in [4.78, 5) is 11.9. The van der Waals surface area contributed by atoms with Crippen LogP contribution in [0.5, 0.6) is 0 Å². The van der Waals surface area contributed by atoms with E-state index in [0.29, 0.717) is 0 Å². The molecule has 5 nitrogen and oxygen atoms in total. The normalized spacial score (nSPS) is 39.2. The van der Waals surface area contributed by atoms with Gasteiger partial charge < -0.3 is 20.3 Å². The van der Waals surface area contributed by atoms with Crippen LogP contribution in [0.4, 0.5) is 0 Å². The number of hydrogen-bond acceptors (Lipinski definition) is 4. The molecule has 0 spiro atoms. The smallest absolute Gasteiger partial charge is 0.252 e. The van der Waals surface area contributed by atoms with Crippen molar-refractivity contribution < 1.29 is 19.7 Å². The van der Waals surface area contributed by atoms with E-state index < -0.39 is 24.4 Å². The highest BCUT2D eigenvalue weighted by Gasteiger charge is 2.44. The minimum absolute atomic E-state index is 0.154. The Balaban J connectivity index is 1.87. The molecule has 1 saturated heterocycles.